The molecule has 0 radical (unpaired) electrons. The Labute approximate surface area is 173 Å². The van der Waals surface area contributed by atoms with Crippen molar-refractivity contribution in [3.63, 3.8) is 0 Å². The summed E-state index contributed by atoms with van der Waals surface area (Å²) in [6.07, 6.45) is 1.49. The van der Waals surface area contributed by atoms with E-state index in [9.17, 15) is 13.2 Å². The molecular formula is C20H19ClN2O5S. The van der Waals surface area contributed by atoms with E-state index in [2.05, 4.69) is 5.32 Å². The van der Waals surface area contributed by atoms with Gasteiger partial charge in [-0.1, -0.05) is 29.8 Å². The van der Waals surface area contributed by atoms with Gasteiger partial charge in [-0.25, -0.2) is 8.42 Å². The second kappa shape index (κ2) is 9.02. The number of hydrogen-bond donors (Lipinski definition) is 1. The number of nitrogens with zero attached hydrogens (tertiary/aromatic N) is 1. The molecule has 0 unspecified atom stereocenters. The van der Waals surface area contributed by atoms with Gasteiger partial charge in [-0.3, -0.25) is 9.10 Å². The Kier molecular flexibility index (Phi) is 6.46. The molecule has 0 spiro atoms. The normalized spacial score (nSPS) is 11.1. The van der Waals surface area contributed by atoms with E-state index in [4.69, 9.17) is 20.8 Å². The van der Waals surface area contributed by atoms with Gasteiger partial charge in [0.1, 0.15) is 18.1 Å². The van der Waals surface area contributed by atoms with Gasteiger partial charge in [-0.2, -0.15) is 0 Å². The summed E-state index contributed by atoms with van der Waals surface area (Å²) in [5.41, 5.74) is 0.164. The SMILES string of the molecule is COc1ccc(Cl)cc1N(CC(=O)NCc1ccco1)S(=O)(=O)c1ccccc1. The first kappa shape index (κ1) is 20.8. The van der Waals surface area contributed by atoms with Crippen LogP contribution < -0.4 is 14.4 Å². The summed E-state index contributed by atoms with van der Waals surface area (Å²) < 4.78 is 38.1. The number of hydrogen-bond acceptors (Lipinski definition) is 5. The molecule has 1 aromatic heterocycles. The van der Waals surface area contributed by atoms with Gasteiger partial charge in [-0.05, 0) is 42.5 Å². The molecule has 1 amide bonds. The largest absolute Gasteiger partial charge is 0.495 e. The van der Waals surface area contributed by atoms with Crippen LogP contribution in [0.25, 0.3) is 0 Å². The highest BCUT2D eigenvalue weighted by atomic mass is 35.5. The van der Waals surface area contributed by atoms with Crippen molar-refractivity contribution in [2.75, 3.05) is 18.0 Å². The molecule has 0 saturated carbocycles. The molecule has 0 bridgehead atoms. The lowest BCUT2D eigenvalue weighted by Crippen LogP contribution is -2.40. The second-order valence-corrected chi connectivity index (χ2v) is 8.30. The molecular weight excluding hydrogens is 416 g/mol. The highest BCUT2D eigenvalue weighted by molar-refractivity contribution is 7.92. The third-order valence-electron chi connectivity index (χ3n) is 4.07. The summed E-state index contributed by atoms with van der Waals surface area (Å²) in [6, 6.07) is 15.8. The number of sulfonamides is 1. The Balaban J connectivity index is 1.96. The van der Waals surface area contributed by atoms with E-state index in [1.807, 2.05) is 0 Å². The number of amides is 1. The summed E-state index contributed by atoms with van der Waals surface area (Å²) >= 11 is 6.09. The summed E-state index contributed by atoms with van der Waals surface area (Å²) in [5, 5.41) is 2.96. The van der Waals surface area contributed by atoms with Crippen molar-refractivity contribution in [3.05, 3.63) is 77.7 Å². The lowest BCUT2D eigenvalue weighted by atomic mass is 10.3. The molecule has 0 atom stereocenters. The van der Waals surface area contributed by atoms with Gasteiger partial charge in [0.2, 0.25) is 5.91 Å². The van der Waals surface area contributed by atoms with Crippen molar-refractivity contribution in [2.24, 2.45) is 0 Å². The number of carbonyl (C=O) groups excluding carboxylic acids is 1. The Morgan fingerprint density at radius 2 is 1.90 bits per heavy atom. The molecule has 0 fully saturated rings. The number of nitrogens with one attached hydrogen (secondary N) is 1. The van der Waals surface area contributed by atoms with E-state index in [-0.39, 0.29) is 22.9 Å². The van der Waals surface area contributed by atoms with Crippen LogP contribution in [0.1, 0.15) is 5.76 Å². The third kappa shape index (κ3) is 4.90. The first-order valence-electron chi connectivity index (χ1n) is 8.62. The van der Waals surface area contributed by atoms with Crippen molar-refractivity contribution >= 4 is 33.2 Å². The van der Waals surface area contributed by atoms with Crippen molar-refractivity contribution in [1.82, 2.24) is 5.32 Å². The van der Waals surface area contributed by atoms with Crippen LogP contribution in [0, 0.1) is 0 Å². The predicted octanol–water partition coefficient (Wildman–Crippen LogP) is 3.45. The summed E-state index contributed by atoms with van der Waals surface area (Å²) in [7, 11) is -2.65. The topological polar surface area (TPSA) is 88.8 Å². The fourth-order valence-electron chi connectivity index (χ4n) is 2.66. The van der Waals surface area contributed by atoms with Gasteiger partial charge >= 0.3 is 0 Å². The highest BCUT2D eigenvalue weighted by Gasteiger charge is 2.29. The predicted molar refractivity (Wildman–Crippen MR) is 110 cm³/mol. The number of furan rings is 1. The van der Waals surface area contributed by atoms with Crippen molar-refractivity contribution in [2.45, 2.75) is 11.4 Å². The van der Waals surface area contributed by atoms with Crippen LogP contribution in [0.5, 0.6) is 5.75 Å². The Morgan fingerprint density at radius 3 is 2.55 bits per heavy atom. The molecule has 1 heterocycles. The zero-order valence-electron chi connectivity index (χ0n) is 15.5. The Morgan fingerprint density at radius 1 is 1.14 bits per heavy atom. The summed E-state index contributed by atoms with van der Waals surface area (Å²) in [6.45, 7) is -0.327. The fraction of sp³-hybridized carbons (Fsp3) is 0.150. The zero-order chi connectivity index (χ0) is 20.9. The maximum atomic E-state index is 13.3. The molecule has 9 heteroatoms. The number of halogens is 1. The lowest BCUT2D eigenvalue weighted by Gasteiger charge is -2.25. The van der Waals surface area contributed by atoms with Gasteiger partial charge < -0.3 is 14.5 Å². The number of methoxy groups -OCH3 is 1. The van der Waals surface area contributed by atoms with Crippen molar-refractivity contribution in [1.29, 1.82) is 0 Å². The Bertz CT molecular complexity index is 1070. The molecule has 7 nitrogen and oxygen atoms in total. The number of anilines is 1. The molecule has 29 heavy (non-hydrogen) atoms. The molecule has 0 aliphatic carbocycles. The van der Waals surface area contributed by atoms with Crippen LogP contribution in [-0.4, -0.2) is 28.0 Å². The van der Waals surface area contributed by atoms with Gasteiger partial charge in [0.15, 0.2) is 0 Å². The van der Waals surface area contributed by atoms with Gasteiger partial charge in [0.05, 0.1) is 30.5 Å². The van der Waals surface area contributed by atoms with Crippen LogP contribution in [0.3, 0.4) is 0 Å². The van der Waals surface area contributed by atoms with Gasteiger partial charge in [0.25, 0.3) is 10.0 Å². The minimum Gasteiger partial charge on any atom is -0.495 e. The third-order valence-corrected chi connectivity index (χ3v) is 6.08. The Hall–Kier alpha value is -2.97. The molecule has 0 aliphatic rings. The average Bonchev–Trinajstić information content (AvgIpc) is 3.24. The highest BCUT2D eigenvalue weighted by Crippen LogP contribution is 2.34. The first-order chi connectivity index (χ1) is 13.9. The number of benzene rings is 2. The molecule has 3 rings (SSSR count). The van der Waals surface area contributed by atoms with E-state index in [0.29, 0.717) is 10.8 Å². The quantitative estimate of drug-likeness (QED) is 0.586. The monoisotopic (exact) mass is 434 g/mol. The zero-order valence-corrected chi connectivity index (χ0v) is 17.1. The standard InChI is InChI=1S/C20H19ClN2O5S/c1-27-19-10-9-15(21)12-18(19)23(29(25,26)17-7-3-2-4-8-17)14-20(24)22-13-16-6-5-11-28-16/h2-12H,13-14H2,1H3,(H,22,24). The molecule has 0 aliphatic heterocycles. The van der Waals surface area contributed by atoms with E-state index in [1.165, 1.54) is 31.6 Å². The minimum absolute atomic E-state index is 0.0425. The number of carbonyl (C=O) groups is 1. The maximum absolute atomic E-state index is 13.3. The number of rotatable bonds is 8. The van der Waals surface area contributed by atoms with E-state index in [0.717, 1.165) is 4.31 Å². The van der Waals surface area contributed by atoms with Gasteiger partial charge in [0, 0.05) is 5.02 Å². The van der Waals surface area contributed by atoms with Gasteiger partial charge in [-0.15, -0.1) is 0 Å². The molecule has 152 valence electrons. The average molecular weight is 435 g/mol. The van der Waals surface area contributed by atoms with E-state index in [1.54, 1.807) is 42.5 Å². The first-order valence-corrected chi connectivity index (χ1v) is 10.4. The molecule has 3 aromatic rings. The summed E-state index contributed by atoms with van der Waals surface area (Å²) in [4.78, 5) is 12.6. The van der Waals surface area contributed by atoms with Crippen molar-refractivity contribution in [3.8, 4) is 5.75 Å². The van der Waals surface area contributed by atoms with Crippen LogP contribution in [-0.2, 0) is 21.4 Å². The number of ether oxygens (including phenoxy) is 1. The van der Waals surface area contributed by atoms with Crippen LogP contribution >= 0.6 is 11.6 Å². The van der Waals surface area contributed by atoms with Crippen LogP contribution in [0.15, 0.2) is 76.2 Å². The van der Waals surface area contributed by atoms with E-state index >= 15 is 0 Å². The molecule has 1 N–H and O–H groups in total. The lowest BCUT2D eigenvalue weighted by molar-refractivity contribution is -0.119. The van der Waals surface area contributed by atoms with E-state index < -0.39 is 22.5 Å². The molecule has 2 aromatic carbocycles. The maximum Gasteiger partial charge on any atom is 0.264 e. The molecule has 0 saturated heterocycles. The van der Waals surface area contributed by atoms with Crippen LogP contribution in [0.4, 0.5) is 5.69 Å². The smallest absolute Gasteiger partial charge is 0.264 e. The second-order valence-electron chi connectivity index (χ2n) is 6.00. The minimum atomic E-state index is -4.06. The fourth-order valence-corrected chi connectivity index (χ4v) is 4.27. The van der Waals surface area contributed by atoms with Crippen LogP contribution in [0.2, 0.25) is 5.02 Å². The van der Waals surface area contributed by atoms with Crippen molar-refractivity contribution < 1.29 is 22.4 Å². The summed E-state index contributed by atoms with van der Waals surface area (Å²) in [5.74, 6) is 0.312.